The number of hydrogen-bond acceptors (Lipinski definition) is 4. The van der Waals surface area contributed by atoms with Crippen molar-refractivity contribution in [1.29, 1.82) is 0 Å². The first-order valence-electron chi connectivity index (χ1n) is 11.5. The molecule has 0 bridgehead atoms. The number of halogens is 3. The second kappa shape index (κ2) is 10.6. The van der Waals surface area contributed by atoms with E-state index in [1.54, 1.807) is 6.07 Å². The molecule has 0 atom stereocenters. The minimum Gasteiger partial charge on any atom is -0.372 e. The zero-order chi connectivity index (χ0) is 25.8. The number of rotatable bonds is 8. The van der Waals surface area contributed by atoms with Gasteiger partial charge in [0.2, 0.25) is 5.91 Å². The highest BCUT2D eigenvalue weighted by Crippen LogP contribution is 2.33. The highest BCUT2D eigenvalue weighted by Gasteiger charge is 2.33. The molecule has 0 unspecified atom stereocenters. The first-order valence-corrected chi connectivity index (χ1v) is 12.9. The van der Waals surface area contributed by atoms with E-state index < -0.39 is 34.2 Å². The average molecular weight is 518 g/mol. The highest BCUT2D eigenvalue weighted by atomic mass is 32.2. The Hall–Kier alpha value is -3.53. The number of anilines is 2. The Morgan fingerprint density at radius 2 is 1.58 bits per heavy atom. The second-order valence-electron chi connectivity index (χ2n) is 8.51. The van der Waals surface area contributed by atoms with Crippen LogP contribution in [-0.4, -0.2) is 34.0 Å². The predicted octanol–water partition coefficient (Wildman–Crippen LogP) is 4.82. The van der Waals surface area contributed by atoms with E-state index in [0.717, 1.165) is 55.4 Å². The lowest BCUT2D eigenvalue weighted by Crippen LogP contribution is -2.40. The Labute approximate surface area is 208 Å². The molecule has 1 aliphatic rings. The third-order valence-electron chi connectivity index (χ3n) is 5.98. The number of hydrogen-bond donors (Lipinski definition) is 1. The van der Waals surface area contributed by atoms with Crippen LogP contribution in [0.5, 0.6) is 0 Å². The molecule has 0 aliphatic carbocycles. The molecule has 1 amide bonds. The van der Waals surface area contributed by atoms with Crippen LogP contribution in [-0.2, 0) is 27.5 Å². The molecule has 190 valence electrons. The Morgan fingerprint density at radius 1 is 0.917 bits per heavy atom. The summed E-state index contributed by atoms with van der Waals surface area (Å²) in [6.07, 6.45) is -2.35. The fourth-order valence-corrected chi connectivity index (χ4v) is 5.49. The van der Waals surface area contributed by atoms with E-state index in [1.165, 1.54) is 30.3 Å². The van der Waals surface area contributed by atoms with Crippen LogP contribution in [0.1, 0.15) is 24.0 Å². The standard InChI is InChI=1S/C26H26F3N3O3S/c27-26(28,29)21-7-6-8-23(17-21)32(36(34,35)24-9-2-1-3-10-24)19-25(33)30-18-20-11-13-22(14-12-20)31-15-4-5-16-31/h1-3,6-14,17H,4-5,15-16,18-19H2,(H,30,33). The summed E-state index contributed by atoms with van der Waals surface area (Å²) in [5.74, 6) is -0.643. The fraction of sp³-hybridized carbons (Fsp3) is 0.269. The highest BCUT2D eigenvalue weighted by molar-refractivity contribution is 7.92. The van der Waals surface area contributed by atoms with Gasteiger partial charge in [0.1, 0.15) is 6.54 Å². The van der Waals surface area contributed by atoms with Crippen molar-refractivity contribution in [3.8, 4) is 0 Å². The van der Waals surface area contributed by atoms with Gasteiger partial charge in [-0.25, -0.2) is 8.42 Å². The summed E-state index contributed by atoms with van der Waals surface area (Å²) in [6.45, 7) is 1.50. The molecule has 4 rings (SSSR count). The minimum atomic E-state index is -4.67. The number of alkyl halides is 3. The summed E-state index contributed by atoms with van der Waals surface area (Å²) in [7, 11) is -4.31. The number of carbonyl (C=O) groups is 1. The Bertz CT molecular complexity index is 1290. The molecule has 0 spiro atoms. The lowest BCUT2D eigenvalue weighted by atomic mass is 10.2. The van der Waals surface area contributed by atoms with Crippen molar-refractivity contribution in [3.63, 3.8) is 0 Å². The smallest absolute Gasteiger partial charge is 0.372 e. The molecule has 0 saturated carbocycles. The molecule has 1 fully saturated rings. The molecule has 10 heteroatoms. The van der Waals surface area contributed by atoms with Crippen LogP contribution in [0.15, 0.2) is 83.8 Å². The normalized spacial score (nSPS) is 14.0. The Balaban J connectivity index is 1.52. The van der Waals surface area contributed by atoms with E-state index in [9.17, 15) is 26.4 Å². The van der Waals surface area contributed by atoms with Crippen molar-refractivity contribution in [1.82, 2.24) is 5.32 Å². The summed E-state index contributed by atoms with van der Waals surface area (Å²) in [4.78, 5) is 14.9. The van der Waals surface area contributed by atoms with Gasteiger partial charge in [0.05, 0.1) is 16.1 Å². The molecule has 36 heavy (non-hydrogen) atoms. The van der Waals surface area contributed by atoms with Crippen molar-refractivity contribution in [2.45, 2.75) is 30.5 Å². The quantitative estimate of drug-likeness (QED) is 0.465. The lowest BCUT2D eigenvalue weighted by Gasteiger charge is -2.25. The number of nitrogens with one attached hydrogen (secondary N) is 1. The van der Waals surface area contributed by atoms with E-state index in [0.29, 0.717) is 4.31 Å². The molecule has 0 radical (unpaired) electrons. The van der Waals surface area contributed by atoms with Crippen molar-refractivity contribution in [2.75, 3.05) is 28.8 Å². The van der Waals surface area contributed by atoms with Gasteiger partial charge in [-0.15, -0.1) is 0 Å². The molecule has 3 aromatic carbocycles. The molecule has 1 saturated heterocycles. The van der Waals surface area contributed by atoms with E-state index in [-0.39, 0.29) is 17.1 Å². The maximum Gasteiger partial charge on any atom is 0.416 e. The molecule has 3 aromatic rings. The first kappa shape index (κ1) is 25.6. The maximum atomic E-state index is 13.3. The third-order valence-corrected chi connectivity index (χ3v) is 7.77. The molecule has 0 aromatic heterocycles. The third kappa shape index (κ3) is 5.99. The SMILES string of the molecule is O=C(CN(c1cccc(C(F)(F)F)c1)S(=O)(=O)c1ccccc1)NCc1ccc(N2CCCC2)cc1. The van der Waals surface area contributed by atoms with Crippen molar-refractivity contribution < 1.29 is 26.4 Å². The van der Waals surface area contributed by atoms with Gasteiger partial charge in [0.25, 0.3) is 10.0 Å². The van der Waals surface area contributed by atoms with Crippen molar-refractivity contribution in [2.24, 2.45) is 0 Å². The van der Waals surface area contributed by atoms with E-state index in [4.69, 9.17) is 0 Å². The van der Waals surface area contributed by atoms with Crippen molar-refractivity contribution >= 4 is 27.3 Å². The summed E-state index contributed by atoms with van der Waals surface area (Å²) in [5, 5.41) is 2.68. The predicted molar refractivity (Wildman–Crippen MR) is 132 cm³/mol. The van der Waals surface area contributed by atoms with Crippen LogP contribution in [0.2, 0.25) is 0 Å². The van der Waals surface area contributed by atoms with Crippen LogP contribution in [0, 0.1) is 0 Å². The maximum absolute atomic E-state index is 13.3. The van der Waals surface area contributed by atoms with Gasteiger partial charge in [-0.2, -0.15) is 13.2 Å². The zero-order valence-electron chi connectivity index (χ0n) is 19.4. The van der Waals surface area contributed by atoms with Crippen molar-refractivity contribution in [3.05, 3.63) is 90.0 Å². The molecular weight excluding hydrogens is 491 g/mol. The molecule has 1 heterocycles. The Morgan fingerprint density at radius 3 is 2.22 bits per heavy atom. The van der Waals surface area contributed by atoms with Gasteiger partial charge >= 0.3 is 6.18 Å². The topological polar surface area (TPSA) is 69.7 Å². The van der Waals surface area contributed by atoms with E-state index >= 15 is 0 Å². The fourth-order valence-electron chi connectivity index (χ4n) is 4.06. The van der Waals surface area contributed by atoms with Gasteiger partial charge in [-0.3, -0.25) is 9.10 Å². The second-order valence-corrected chi connectivity index (χ2v) is 10.4. The molecular formula is C26H26F3N3O3S. The van der Waals surface area contributed by atoms with Gasteiger partial charge in [-0.1, -0.05) is 36.4 Å². The largest absolute Gasteiger partial charge is 0.416 e. The van der Waals surface area contributed by atoms with Crippen LogP contribution in [0.4, 0.5) is 24.5 Å². The summed E-state index contributed by atoms with van der Waals surface area (Å²) >= 11 is 0. The van der Waals surface area contributed by atoms with Crippen LogP contribution >= 0.6 is 0 Å². The van der Waals surface area contributed by atoms with E-state index in [1.807, 2.05) is 24.3 Å². The van der Waals surface area contributed by atoms with Crippen LogP contribution < -0.4 is 14.5 Å². The molecule has 1 aliphatic heterocycles. The zero-order valence-corrected chi connectivity index (χ0v) is 20.2. The molecule has 1 N–H and O–H groups in total. The molecule has 6 nitrogen and oxygen atoms in total. The van der Waals surface area contributed by atoms with Gasteiger partial charge in [0, 0.05) is 25.3 Å². The average Bonchev–Trinajstić information content (AvgIpc) is 3.41. The number of carbonyl (C=O) groups excluding carboxylic acids is 1. The summed E-state index contributed by atoms with van der Waals surface area (Å²) in [5.41, 5.74) is 0.667. The van der Waals surface area contributed by atoms with Crippen LogP contribution in [0.3, 0.4) is 0 Å². The van der Waals surface area contributed by atoms with Gasteiger partial charge < -0.3 is 10.2 Å². The number of benzene rings is 3. The lowest BCUT2D eigenvalue weighted by molar-refractivity contribution is -0.137. The number of amides is 1. The number of sulfonamides is 1. The summed E-state index contributed by atoms with van der Waals surface area (Å²) in [6, 6.07) is 18.9. The van der Waals surface area contributed by atoms with Gasteiger partial charge in [0.15, 0.2) is 0 Å². The first-order chi connectivity index (χ1) is 17.1. The minimum absolute atomic E-state index is 0.132. The summed E-state index contributed by atoms with van der Waals surface area (Å²) < 4.78 is 67.2. The van der Waals surface area contributed by atoms with Gasteiger partial charge in [-0.05, 0) is 60.9 Å². The van der Waals surface area contributed by atoms with Crippen LogP contribution in [0.25, 0.3) is 0 Å². The number of nitrogens with zero attached hydrogens (tertiary/aromatic N) is 2. The monoisotopic (exact) mass is 517 g/mol. The van der Waals surface area contributed by atoms with E-state index in [2.05, 4.69) is 10.2 Å². The Kier molecular flexibility index (Phi) is 7.53.